The van der Waals surface area contributed by atoms with Crippen molar-refractivity contribution in [2.75, 3.05) is 10.7 Å². The van der Waals surface area contributed by atoms with Crippen molar-refractivity contribution in [2.45, 2.75) is 6.92 Å². The number of hydrogen-bond donors (Lipinski definition) is 3. The van der Waals surface area contributed by atoms with Gasteiger partial charge in [-0.2, -0.15) is 0 Å². The maximum atomic E-state index is 13.7. The second-order valence-electron chi connectivity index (χ2n) is 3.97. The highest BCUT2D eigenvalue weighted by atomic mass is 19.1. The number of nitrogens with two attached hydrogens (primary N) is 1. The fraction of sp³-hybridized carbons (Fsp3) is 0.0769. The maximum Gasteiger partial charge on any atom is 0.274 e. The second-order valence-corrected chi connectivity index (χ2v) is 3.97. The topological polar surface area (TPSA) is 80.0 Å². The molecule has 2 aromatic rings. The Morgan fingerprint density at radius 1 is 1.32 bits per heavy atom. The maximum absolute atomic E-state index is 13.7. The second kappa shape index (κ2) is 5.45. The minimum atomic E-state index is -0.479. The van der Waals surface area contributed by atoms with E-state index in [1.807, 2.05) is 0 Å². The third-order valence-corrected chi connectivity index (χ3v) is 2.60. The van der Waals surface area contributed by atoms with E-state index in [4.69, 9.17) is 5.84 Å². The summed E-state index contributed by atoms with van der Waals surface area (Å²) in [5, 5.41) is 2.48. The normalized spacial score (nSPS) is 10.1. The molecular formula is C13H13FN4O. The number of nitrogens with zero attached hydrogens (tertiary/aromatic N) is 1. The summed E-state index contributed by atoms with van der Waals surface area (Å²) in [6.45, 7) is 1.63. The average Bonchev–Trinajstić information content (AvgIpc) is 2.44. The molecule has 0 aliphatic heterocycles. The SMILES string of the molecule is Cc1cccc(NC(=O)c2ccc(NN)cn2)c1F. The van der Waals surface area contributed by atoms with Gasteiger partial charge in [-0.05, 0) is 30.7 Å². The molecular weight excluding hydrogens is 247 g/mol. The Bertz CT molecular complexity index is 598. The minimum absolute atomic E-state index is 0.132. The van der Waals surface area contributed by atoms with Crippen LogP contribution in [-0.2, 0) is 0 Å². The molecule has 1 heterocycles. The van der Waals surface area contributed by atoms with Gasteiger partial charge in [0.25, 0.3) is 5.91 Å². The summed E-state index contributed by atoms with van der Waals surface area (Å²) >= 11 is 0. The van der Waals surface area contributed by atoms with Crippen molar-refractivity contribution >= 4 is 17.3 Å². The van der Waals surface area contributed by atoms with Gasteiger partial charge in [0.15, 0.2) is 0 Å². The van der Waals surface area contributed by atoms with E-state index < -0.39 is 11.7 Å². The van der Waals surface area contributed by atoms with Crippen LogP contribution in [0.2, 0.25) is 0 Å². The van der Waals surface area contributed by atoms with E-state index in [0.717, 1.165) is 0 Å². The monoisotopic (exact) mass is 260 g/mol. The van der Waals surface area contributed by atoms with Crippen molar-refractivity contribution in [3.63, 3.8) is 0 Å². The Morgan fingerprint density at radius 2 is 2.11 bits per heavy atom. The summed E-state index contributed by atoms with van der Waals surface area (Å²) in [7, 11) is 0. The molecule has 2 rings (SSSR count). The first-order valence-electron chi connectivity index (χ1n) is 5.61. The van der Waals surface area contributed by atoms with Crippen molar-refractivity contribution in [1.29, 1.82) is 0 Å². The average molecular weight is 260 g/mol. The highest BCUT2D eigenvalue weighted by molar-refractivity contribution is 6.03. The number of hydrogen-bond acceptors (Lipinski definition) is 4. The third-order valence-electron chi connectivity index (χ3n) is 2.60. The number of rotatable bonds is 3. The zero-order valence-corrected chi connectivity index (χ0v) is 10.3. The van der Waals surface area contributed by atoms with Crippen LogP contribution < -0.4 is 16.6 Å². The first kappa shape index (κ1) is 13.0. The zero-order chi connectivity index (χ0) is 13.8. The fourth-order valence-corrected chi connectivity index (χ4v) is 1.54. The highest BCUT2D eigenvalue weighted by Crippen LogP contribution is 2.17. The molecule has 19 heavy (non-hydrogen) atoms. The summed E-state index contributed by atoms with van der Waals surface area (Å²) in [5.41, 5.74) is 3.77. The summed E-state index contributed by atoms with van der Waals surface area (Å²) in [6, 6.07) is 7.90. The molecule has 0 atom stereocenters. The lowest BCUT2D eigenvalue weighted by Gasteiger charge is -2.07. The molecule has 0 radical (unpaired) electrons. The van der Waals surface area contributed by atoms with Crippen LogP contribution >= 0.6 is 0 Å². The number of benzene rings is 1. The van der Waals surface area contributed by atoms with Crippen LogP contribution in [0.25, 0.3) is 0 Å². The number of anilines is 2. The molecule has 0 saturated heterocycles. The van der Waals surface area contributed by atoms with Crippen LogP contribution in [0.4, 0.5) is 15.8 Å². The smallest absolute Gasteiger partial charge is 0.274 e. The molecule has 0 fully saturated rings. The Balaban J connectivity index is 2.18. The quantitative estimate of drug-likeness (QED) is 0.583. The number of nitrogen functional groups attached to an aromatic ring is 1. The summed E-state index contributed by atoms with van der Waals surface area (Å²) in [4.78, 5) is 15.8. The van der Waals surface area contributed by atoms with E-state index in [2.05, 4.69) is 15.7 Å². The molecule has 0 bridgehead atoms. The molecule has 0 aliphatic rings. The van der Waals surface area contributed by atoms with Crippen LogP contribution in [0.1, 0.15) is 16.1 Å². The van der Waals surface area contributed by atoms with E-state index in [9.17, 15) is 9.18 Å². The molecule has 1 aromatic heterocycles. The number of nitrogens with one attached hydrogen (secondary N) is 2. The van der Waals surface area contributed by atoms with Crippen molar-refractivity contribution in [2.24, 2.45) is 5.84 Å². The number of amides is 1. The molecule has 1 amide bonds. The lowest BCUT2D eigenvalue weighted by molar-refractivity contribution is 0.102. The van der Waals surface area contributed by atoms with Crippen LogP contribution in [0, 0.1) is 12.7 Å². The van der Waals surface area contributed by atoms with E-state index in [1.165, 1.54) is 18.3 Å². The molecule has 4 N–H and O–H groups in total. The van der Waals surface area contributed by atoms with Gasteiger partial charge >= 0.3 is 0 Å². The molecule has 0 spiro atoms. The Hall–Kier alpha value is -2.47. The number of carbonyl (C=O) groups excluding carboxylic acids is 1. The minimum Gasteiger partial charge on any atom is -0.323 e. The van der Waals surface area contributed by atoms with Crippen molar-refractivity contribution in [3.8, 4) is 0 Å². The van der Waals surface area contributed by atoms with Gasteiger partial charge in [0.2, 0.25) is 0 Å². The van der Waals surface area contributed by atoms with Crippen LogP contribution in [0.5, 0.6) is 0 Å². The number of pyridine rings is 1. The van der Waals surface area contributed by atoms with Crippen molar-refractivity contribution < 1.29 is 9.18 Å². The summed E-state index contributed by atoms with van der Waals surface area (Å²) in [5.74, 6) is 4.27. The van der Waals surface area contributed by atoms with Gasteiger partial charge in [-0.15, -0.1) is 0 Å². The number of aromatic nitrogens is 1. The Labute approximate surface area is 109 Å². The summed E-state index contributed by atoms with van der Waals surface area (Å²) < 4.78 is 13.7. The third kappa shape index (κ3) is 2.86. The van der Waals surface area contributed by atoms with Crippen LogP contribution in [-0.4, -0.2) is 10.9 Å². The number of halogens is 1. The molecule has 0 saturated carbocycles. The Morgan fingerprint density at radius 3 is 2.74 bits per heavy atom. The van der Waals surface area contributed by atoms with Gasteiger partial charge in [0.1, 0.15) is 11.5 Å². The van der Waals surface area contributed by atoms with Crippen molar-refractivity contribution in [3.05, 3.63) is 53.6 Å². The van der Waals surface area contributed by atoms with E-state index in [-0.39, 0.29) is 11.4 Å². The Kier molecular flexibility index (Phi) is 3.72. The van der Waals surface area contributed by atoms with Gasteiger partial charge < -0.3 is 10.7 Å². The predicted molar refractivity (Wildman–Crippen MR) is 71.1 cm³/mol. The van der Waals surface area contributed by atoms with Gasteiger partial charge in [-0.25, -0.2) is 9.37 Å². The molecule has 6 heteroatoms. The largest absolute Gasteiger partial charge is 0.323 e. The zero-order valence-electron chi connectivity index (χ0n) is 10.3. The predicted octanol–water partition coefficient (Wildman–Crippen LogP) is 2.07. The van der Waals surface area contributed by atoms with Gasteiger partial charge in [0, 0.05) is 0 Å². The fourth-order valence-electron chi connectivity index (χ4n) is 1.54. The van der Waals surface area contributed by atoms with Gasteiger partial charge in [-0.3, -0.25) is 10.6 Å². The first-order chi connectivity index (χ1) is 9.11. The molecule has 0 unspecified atom stereocenters. The number of hydrazine groups is 1. The van der Waals surface area contributed by atoms with Crippen LogP contribution in [0.3, 0.4) is 0 Å². The lowest BCUT2D eigenvalue weighted by Crippen LogP contribution is -2.15. The molecule has 98 valence electrons. The standard InChI is InChI=1S/C13H13FN4O/c1-8-3-2-4-10(12(8)14)17-13(19)11-6-5-9(18-15)7-16-11/h2-7,18H,15H2,1H3,(H,17,19). The molecule has 0 aliphatic carbocycles. The first-order valence-corrected chi connectivity index (χ1v) is 5.61. The number of carbonyl (C=O) groups is 1. The van der Waals surface area contributed by atoms with E-state index >= 15 is 0 Å². The van der Waals surface area contributed by atoms with E-state index in [0.29, 0.717) is 11.3 Å². The van der Waals surface area contributed by atoms with E-state index in [1.54, 1.807) is 25.1 Å². The highest BCUT2D eigenvalue weighted by Gasteiger charge is 2.11. The van der Waals surface area contributed by atoms with Gasteiger partial charge in [-0.1, -0.05) is 12.1 Å². The number of aryl methyl sites for hydroxylation is 1. The van der Waals surface area contributed by atoms with Gasteiger partial charge in [0.05, 0.1) is 17.6 Å². The molecule has 5 nitrogen and oxygen atoms in total. The van der Waals surface area contributed by atoms with Crippen molar-refractivity contribution in [1.82, 2.24) is 4.98 Å². The lowest BCUT2D eigenvalue weighted by atomic mass is 10.2. The van der Waals surface area contributed by atoms with Crippen LogP contribution in [0.15, 0.2) is 36.5 Å². The summed E-state index contributed by atoms with van der Waals surface area (Å²) in [6.07, 6.45) is 1.42. The molecule has 1 aromatic carbocycles.